The third kappa shape index (κ3) is 5.65. The van der Waals surface area contributed by atoms with E-state index in [1.54, 1.807) is 7.11 Å². The Labute approximate surface area is 266 Å². The second-order valence-corrected chi connectivity index (χ2v) is 11.0. The quantitative estimate of drug-likeness (QED) is 0.136. The number of anilines is 1. The minimum absolute atomic E-state index is 0.0241. The van der Waals surface area contributed by atoms with Gasteiger partial charge in [-0.15, -0.1) is 0 Å². The third-order valence-corrected chi connectivity index (χ3v) is 8.06. The van der Waals surface area contributed by atoms with E-state index < -0.39 is 0 Å². The molecular weight excluding hydrogens is 576 g/mol. The van der Waals surface area contributed by atoms with E-state index in [4.69, 9.17) is 14.2 Å². The minimum atomic E-state index is -0.217. The molecule has 7 aromatic rings. The highest BCUT2D eigenvalue weighted by atomic mass is 16.7. The van der Waals surface area contributed by atoms with Crippen LogP contribution in [0.15, 0.2) is 121 Å². The molecule has 7 nitrogen and oxygen atoms in total. The minimum Gasteiger partial charge on any atom is -0.488 e. The Balaban J connectivity index is 1.25. The van der Waals surface area contributed by atoms with Crippen molar-refractivity contribution in [3.63, 3.8) is 0 Å². The molecule has 0 radical (unpaired) electrons. The lowest BCUT2D eigenvalue weighted by Gasteiger charge is -2.21. The Morgan fingerprint density at radius 1 is 0.739 bits per heavy atom. The number of benzene rings is 6. The van der Waals surface area contributed by atoms with Crippen molar-refractivity contribution in [3.05, 3.63) is 138 Å². The predicted octanol–water partition coefficient (Wildman–Crippen LogP) is 8.45. The van der Waals surface area contributed by atoms with Crippen molar-refractivity contribution in [2.75, 3.05) is 19.2 Å². The molecule has 0 atom stereocenters. The monoisotopic (exact) mass is 608 g/mol. The number of aromatic nitrogens is 1. The number of aliphatic hydroxyl groups is 1. The molecule has 0 saturated heterocycles. The van der Waals surface area contributed by atoms with Gasteiger partial charge in [-0.1, -0.05) is 84.9 Å². The number of aromatic amines is 1. The predicted molar refractivity (Wildman–Crippen MR) is 182 cm³/mol. The van der Waals surface area contributed by atoms with E-state index in [9.17, 15) is 9.90 Å². The van der Waals surface area contributed by atoms with Crippen molar-refractivity contribution in [3.8, 4) is 22.6 Å². The molecule has 228 valence electrons. The van der Waals surface area contributed by atoms with Gasteiger partial charge in [-0.25, -0.2) is 0 Å². The summed E-state index contributed by atoms with van der Waals surface area (Å²) in [7, 11) is 1.57. The number of hydrogen-bond donors (Lipinski definition) is 3. The van der Waals surface area contributed by atoms with Crippen molar-refractivity contribution in [2.24, 2.45) is 0 Å². The average molecular weight is 609 g/mol. The van der Waals surface area contributed by atoms with Crippen LogP contribution in [-0.2, 0) is 18.0 Å². The summed E-state index contributed by atoms with van der Waals surface area (Å²) in [6, 6.07) is 39.4. The molecule has 7 heteroatoms. The van der Waals surface area contributed by atoms with Crippen molar-refractivity contribution in [2.45, 2.75) is 13.2 Å². The number of fused-ring (bicyclic) bond motifs is 3. The summed E-state index contributed by atoms with van der Waals surface area (Å²) in [5, 5.41) is 18.4. The Kier molecular flexibility index (Phi) is 8.08. The van der Waals surface area contributed by atoms with E-state index in [-0.39, 0.29) is 25.9 Å². The number of para-hydroxylation sites is 1. The van der Waals surface area contributed by atoms with Gasteiger partial charge in [0, 0.05) is 40.4 Å². The highest BCUT2D eigenvalue weighted by Gasteiger charge is 2.22. The summed E-state index contributed by atoms with van der Waals surface area (Å²) in [4.78, 5) is 16.2. The van der Waals surface area contributed by atoms with Crippen molar-refractivity contribution >= 4 is 44.0 Å². The van der Waals surface area contributed by atoms with Crippen LogP contribution >= 0.6 is 0 Å². The van der Waals surface area contributed by atoms with Crippen LogP contribution in [-0.4, -0.2) is 29.9 Å². The first-order valence-corrected chi connectivity index (χ1v) is 15.0. The molecule has 0 saturated carbocycles. The number of carbonyl (C=O) groups excluding carboxylic acids is 1. The lowest BCUT2D eigenvalue weighted by molar-refractivity contribution is 0.0500. The van der Waals surface area contributed by atoms with E-state index in [1.807, 2.05) is 103 Å². The van der Waals surface area contributed by atoms with Gasteiger partial charge in [-0.2, -0.15) is 0 Å². The molecule has 0 bridgehead atoms. The number of ether oxygens (including phenoxy) is 3. The maximum absolute atomic E-state index is 13.1. The van der Waals surface area contributed by atoms with Crippen LogP contribution in [0.2, 0.25) is 0 Å². The maximum Gasteiger partial charge on any atom is 0.272 e. The summed E-state index contributed by atoms with van der Waals surface area (Å²) in [5.74, 6) is 0.991. The average Bonchev–Trinajstić information content (AvgIpc) is 3.54. The number of H-pyrrole nitrogens is 1. The Hall–Kier alpha value is -5.63. The van der Waals surface area contributed by atoms with Gasteiger partial charge < -0.3 is 29.6 Å². The van der Waals surface area contributed by atoms with Crippen LogP contribution < -0.4 is 14.8 Å². The zero-order valence-corrected chi connectivity index (χ0v) is 25.2. The van der Waals surface area contributed by atoms with Gasteiger partial charge in [0.15, 0.2) is 6.79 Å². The fraction of sp³-hybridized carbons (Fsp3) is 0.103. The number of amides is 1. The largest absolute Gasteiger partial charge is 0.488 e. The normalized spacial score (nSPS) is 11.3. The molecule has 1 aromatic heterocycles. The molecule has 0 unspecified atom stereocenters. The standard InChI is InChI=1S/C39H32N2O5/c1-44-24-46-38-29(22-42)20-27-11-3-6-15-32(27)37(38)36-31-14-5-2-10-26(31)17-18-35(36)45-23-25-9-8-13-30(19-25)40-39(43)34-21-28-12-4-7-16-33(28)41-34/h2-21,41-42H,22-24H2,1H3,(H,40,43). The molecule has 3 N–H and O–H groups in total. The van der Waals surface area contributed by atoms with Gasteiger partial charge in [0.1, 0.15) is 23.8 Å². The van der Waals surface area contributed by atoms with E-state index in [0.717, 1.165) is 49.1 Å². The maximum atomic E-state index is 13.1. The third-order valence-electron chi connectivity index (χ3n) is 8.06. The molecule has 7 rings (SSSR count). The fourth-order valence-electron chi connectivity index (χ4n) is 5.96. The molecule has 0 aliphatic heterocycles. The molecule has 46 heavy (non-hydrogen) atoms. The van der Waals surface area contributed by atoms with Gasteiger partial charge in [0.25, 0.3) is 5.91 Å². The topological polar surface area (TPSA) is 92.8 Å². The van der Waals surface area contributed by atoms with Crippen LogP contribution in [0.25, 0.3) is 43.6 Å². The molecular formula is C39H32N2O5. The molecule has 0 fully saturated rings. The molecule has 0 aliphatic carbocycles. The smallest absolute Gasteiger partial charge is 0.272 e. The highest BCUT2D eigenvalue weighted by molar-refractivity contribution is 6.10. The number of carbonyl (C=O) groups is 1. The summed E-state index contributed by atoms with van der Waals surface area (Å²) in [6.45, 7) is 0.0819. The van der Waals surface area contributed by atoms with Crippen LogP contribution in [0, 0.1) is 0 Å². The van der Waals surface area contributed by atoms with Gasteiger partial charge in [-0.3, -0.25) is 4.79 Å². The van der Waals surface area contributed by atoms with Crippen LogP contribution in [0.1, 0.15) is 21.6 Å². The zero-order valence-electron chi connectivity index (χ0n) is 25.2. The Morgan fingerprint density at radius 3 is 2.26 bits per heavy atom. The fourth-order valence-corrected chi connectivity index (χ4v) is 5.96. The molecule has 0 spiro atoms. The zero-order chi connectivity index (χ0) is 31.5. The highest BCUT2D eigenvalue weighted by Crippen LogP contribution is 2.47. The first-order valence-electron chi connectivity index (χ1n) is 15.0. The van der Waals surface area contributed by atoms with Gasteiger partial charge >= 0.3 is 0 Å². The summed E-state index contributed by atoms with van der Waals surface area (Å²) in [6.07, 6.45) is 0. The van der Waals surface area contributed by atoms with Crippen molar-refractivity contribution in [1.29, 1.82) is 0 Å². The van der Waals surface area contributed by atoms with Crippen molar-refractivity contribution in [1.82, 2.24) is 4.98 Å². The lowest BCUT2D eigenvalue weighted by Crippen LogP contribution is -2.12. The number of hydrogen-bond acceptors (Lipinski definition) is 5. The second kappa shape index (κ2) is 12.8. The molecule has 6 aromatic carbocycles. The first kappa shape index (κ1) is 29.1. The van der Waals surface area contributed by atoms with Crippen LogP contribution in [0.5, 0.6) is 11.5 Å². The van der Waals surface area contributed by atoms with E-state index >= 15 is 0 Å². The first-order chi connectivity index (χ1) is 22.6. The lowest BCUT2D eigenvalue weighted by atomic mass is 9.90. The molecule has 1 heterocycles. The molecule has 1 amide bonds. The van der Waals surface area contributed by atoms with Crippen molar-refractivity contribution < 1.29 is 24.1 Å². The second-order valence-electron chi connectivity index (χ2n) is 11.0. The Bertz CT molecular complexity index is 2170. The van der Waals surface area contributed by atoms with Gasteiger partial charge in [0.2, 0.25) is 0 Å². The SMILES string of the molecule is COCOc1c(CO)cc2ccccc2c1-c1c(OCc2cccc(NC(=O)c3cc4ccccc4[nH]3)c2)ccc2ccccc12. The van der Waals surface area contributed by atoms with Gasteiger partial charge in [0.05, 0.1) is 6.61 Å². The van der Waals surface area contributed by atoms with E-state index in [1.165, 1.54) is 0 Å². The number of aliphatic hydroxyl groups excluding tert-OH is 1. The number of methoxy groups -OCH3 is 1. The number of rotatable bonds is 10. The number of nitrogens with one attached hydrogen (secondary N) is 2. The van der Waals surface area contributed by atoms with Crippen LogP contribution in [0.4, 0.5) is 5.69 Å². The summed E-state index contributed by atoms with van der Waals surface area (Å²) in [5.41, 5.74) is 5.30. The Morgan fingerprint density at radius 2 is 1.48 bits per heavy atom. The van der Waals surface area contributed by atoms with Crippen LogP contribution in [0.3, 0.4) is 0 Å². The van der Waals surface area contributed by atoms with E-state index in [2.05, 4.69) is 28.5 Å². The summed E-state index contributed by atoms with van der Waals surface area (Å²) >= 11 is 0. The summed E-state index contributed by atoms with van der Waals surface area (Å²) < 4.78 is 18.0. The van der Waals surface area contributed by atoms with Gasteiger partial charge in [-0.05, 0) is 63.5 Å². The van der Waals surface area contributed by atoms with E-state index in [0.29, 0.717) is 28.4 Å². The molecule has 0 aliphatic rings.